The van der Waals surface area contributed by atoms with E-state index in [1.807, 2.05) is 27.7 Å². The quantitative estimate of drug-likeness (QED) is 0.0468. The SMILES string of the molecule is CCCCCCCCCCCCCC(=O)OC1CCC(NC(=O)CCC(=O)NCC(C)(C)OCCC(C)(C)OC)CC1OC(=O)CCCCCCCCCCCCC. The van der Waals surface area contributed by atoms with E-state index in [-0.39, 0.29) is 48.2 Å². The number of hydrogen-bond acceptors (Lipinski definition) is 8. The van der Waals surface area contributed by atoms with Gasteiger partial charge in [-0.1, -0.05) is 142 Å². The second-order valence-corrected chi connectivity index (χ2v) is 18.3. The van der Waals surface area contributed by atoms with Crippen molar-refractivity contribution in [2.24, 2.45) is 0 Å². The zero-order valence-electron chi connectivity index (χ0n) is 38.6. The third-order valence-corrected chi connectivity index (χ3v) is 11.7. The molecule has 2 amide bonds. The van der Waals surface area contributed by atoms with E-state index < -0.39 is 17.8 Å². The average Bonchev–Trinajstić information content (AvgIpc) is 3.18. The standard InChI is InChI=1S/C48H90N2O8/c1-8-10-12-14-16-18-20-22-24-26-28-30-45(53)57-41-33-32-40(38-42(41)58-46(54)31-29-27-25-23-21-19-17-15-13-11-9-2)50-44(52)35-34-43(51)49-39-48(5,6)56-37-36-47(3,4)55-7/h40-42H,8-39H2,1-7H3,(H,49,51)(H,50,52). The second kappa shape index (κ2) is 33.5. The van der Waals surface area contributed by atoms with Crippen LogP contribution < -0.4 is 10.6 Å². The van der Waals surface area contributed by atoms with Crippen molar-refractivity contribution in [1.29, 1.82) is 0 Å². The van der Waals surface area contributed by atoms with Crippen LogP contribution in [0, 0.1) is 0 Å². The molecule has 0 aromatic rings. The molecule has 0 bridgehead atoms. The van der Waals surface area contributed by atoms with E-state index in [0.717, 1.165) is 44.9 Å². The van der Waals surface area contributed by atoms with Crippen LogP contribution in [-0.4, -0.2) is 73.5 Å². The van der Waals surface area contributed by atoms with Crippen LogP contribution in [0.15, 0.2) is 0 Å². The zero-order chi connectivity index (χ0) is 42.9. The van der Waals surface area contributed by atoms with Crippen molar-refractivity contribution in [2.45, 2.75) is 264 Å². The van der Waals surface area contributed by atoms with Crippen LogP contribution in [0.25, 0.3) is 0 Å². The lowest BCUT2D eigenvalue weighted by atomic mass is 9.90. The number of carbonyl (C=O) groups is 4. The minimum Gasteiger partial charge on any atom is -0.458 e. The molecule has 0 aromatic heterocycles. The number of ether oxygens (including phenoxy) is 4. The van der Waals surface area contributed by atoms with Crippen LogP contribution in [0.4, 0.5) is 0 Å². The lowest BCUT2D eigenvalue weighted by molar-refractivity contribution is -0.173. The van der Waals surface area contributed by atoms with Gasteiger partial charge < -0.3 is 29.6 Å². The van der Waals surface area contributed by atoms with Gasteiger partial charge in [-0.2, -0.15) is 0 Å². The number of methoxy groups -OCH3 is 1. The summed E-state index contributed by atoms with van der Waals surface area (Å²) < 4.78 is 23.4. The first-order valence-corrected chi connectivity index (χ1v) is 23.9. The maximum absolute atomic E-state index is 13.0. The van der Waals surface area contributed by atoms with Gasteiger partial charge in [0.2, 0.25) is 11.8 Å². The predicted octanol–water partition coefficient (Wildman–Crippen LogP) is 11.4. The van der Waals surface area contributed by atoms with Crippen LogP contribution in [0.3, 0.4) is 0 Å². The highest BCUT2D eigenvalue weighted by Gasteiger charge is 2.36. The topological polar surface area (TPSA) is 129 Å². The molecule has 58 heavy (non-hydrogen) atoms. The highest BCUT2D eigenvalue weighted by Crippen LogP contribution is 2.27. The van der Waals surface area contributed by atoms with Crippen molar-refractivity contribution in [3.8, 4) is 0 Å². The fraction of sp³-hybridized carbons (Fsp3) is 0.917. The molecular weight excluding hydrogens is 733 g/mol. The van der Waals surface area contributed by atoms with E-state index in [1.165, 1.54) is 103 Å². The Morgan fingerprint density at radius 3 is 1.43 bits per heavy atom. The van der Waals surface area contributed by atoms with Gasteiger partial charge in [-0.25, -0.2) is 0 Å². The molecule has 1 aliphatic rings. The van der Waals surface area contributed by atoms with Crippen LogP contribution in [0.5, 0.6) is 0 Å². The fourth-order valence-corrected chi connectivity index (χ4v) is 7.47. The summed E-state index contributed by atoms with van der Waals surface area (Å²) in [6.45, 7) is 13.2. The number of esters is 2. The highest BCUT2D eigenvalue weighted by atomic mass is 16.6. The highest BCUT2D eigenvalue weighted by molar-refractivity contribution is 5.83. The third-order valence-electron chi connectivity index (χ3n) is 11.7. The number of amides is 2. The van der Waals surface area contributed by atoms with Crippen molar-refractivity contribution >= 4 is 23.8 Å². The van der Waals surface area contributed by atoms with Crippen LogP contribution >= 0.6 is 0 Å². The van der Waals surface area contributed by atoms with E-state index in [1.54, 1.807) is 7.11 Å². The summed E-state index contributed by atoms with van der Waals surface area (Å²) in [5.41, 5.74) is -0.841. The lowest BCUT2D eigenvalue weighted by Crippen LogP contribution is -2.48. The Balaban J connectivity index is 2.54. The number of carbonyl (C=O) groups excluding carboxylic acids is 4. The van der Waals surface area contributed by atoms with Gasteiger partial charge in [0.1, 0.15) is 12.2 Å². The molecule has 340 valence electrons. The van der Waals surface area contributed by atoms with Crippen LogP contribution in [0.2, 0.25) is 0 Å². The molecule has 0 aliphatic heterocycles. The molecule has 10 nitrogen and oxygen atoms in total. The molecule has 3 unspecified atom stereocenters. The molecule has 0 spiro atoms. The summed E-state index contributed by atoms with van der Waals surface area (Å²) in [7, 11) is 1.68. The van der Waals surface area contributed by atoms with Crippen molar-refractivity contribution in [1.82, 2.24) is 10.6 Å². The van der Waals surface area contributed by atoms with Gasteiger partial charge in [-0.05, 0) is 59.8 Å². The first kappa shape index (κ1) is 53.8. The number of hydrogen-bond donors (Lipinski definition) is 2. The zero-order valence-corrected chi connectivity index (χ0v) is 38.6. The van der Waals surface area contributed by atoms with E-state index in [9.17, 15) is 19.2 Å². The van der Waals surface area contributed by atoms with E-state index in [2.05, 4.69) is 24.5 Å². The fourth-order valence-electron chi connectivity index (χ4n) is 7.47. The molecule has 1 rings (SSSR count). The molecule has 2 N–H and O–H groups in total. The molecule has 0 aromatic carbocycles. The Kier molecular flexibility index (Phi) is 31.1. The number of unbranched alkanes of at least 4 members (excludes halogenated alkanes) is 20. The summed E-state index contributed by atoms with van der Waals surface area (Å²) in [6, 6.07) is -0.236. The summed E-state index contributed by atoms with van der Waals surface area (Å²) >= 11 is 0. The molecule has 0 radical (unpaired) electrons. The molecule has 1 aliphatic carbocycles. The summed E-state index contributed by atoms with van der Waals surface area (Å²) in [5.74, 6) is -0.958. The van der Waals surface area contributed by atoms with Gasteiger partial charge in [0, 0.05) is 51.8 Å². The van der Waals surface area contributed by atoms with Gasteiger partial charge in [-0.3, -0.25) is 19.2 Å². The van der Waals surface area contributed by atoms with E-state index in [4.69, 9.17) is 18.9 Å². The molecular formula is C48H90N2O8. The third kappa shape index (κ3) is 29.9. The Morgan fingerprint density at radius 2 is 0.966 bits per heavy atom. The normalized spacial score (nSPS) is 17.2. The first-order valence-electron chi connectivity index (χ1n) is 23.9. The van der Waals surface area contributed by atoms with Crippen molar-refractivity contribution in [3.05, 3.63) is 0 Å². The summed E-state index contributed by atoms with van der Waals surface area (Å²) in [4.78, 5) is 51.5. The van der Waals surface area contributed by atoms with Gasteiger partial charge in [0.05, 0.1) is 17.8 Å². The Hall–Kier alpha value is -2.20. The largest absolute Gasteiger partial charge is 0.458 e. The van der Waals surface area contributed by atoms with Crippen molar-refractivity contribution < 1.29 is 38.1 Å². The minimum atomic E-state index is -0.611. The Morgan fingerprint density at radius 1 is 0.534 bits per heavy atom. The minimum absolute atomic E-state index is 0.0479. The molecule has 0 heterocycles. The number of rotatable bonds is 37. The monoisotopic (exact) mass is 823 g/mol. The smallest absolute Gasteiger partial charge is 0.306 e. The van der Waals surface area contributed by atoms with Gasteiger partial charge in [0.15, 0.2) is 0 Å². The van der Waals surface area contributed by atoms with Crippen LogP contribution in [0.1, 0.15) is 234 Å². The van der Waals surface area contributed by atoms with E-state index >= 15 is 0 Å². The molecule has 0 saturated heterocycles. The second-order valence-electron chi connectivity index (χ2n) is 18.3. The Bertz CT molecular complexity index is 1080. The maximum atomic E-state index is 13.0. The molecule has 3 atom stereocenters. The lowest BCUT2D eigenvalue weighted by Gasteiger charge is -2.35. The first-order chi connectivity index (χ1) is 27.8. The summed E-state index contributed by atoms with van der Waals surface area (Å²) in [6.07, 6.45) is 28.5. The molecule has 1 saturated carbocycles. The van der Waals surface area contributed by atoms with Gasteiger partial charge >= 0.3 is 11.9 Å². The Labute approximate surface area is 355 Å². The number of nitrogens with one attached hydrogen (secondary N) is 2. The maximum Gasteiger partial charge on any atom is 0.306 e. The molecule has 1 fully saturated rings. The van der Waals surface area contributed by atoms with Gasteiger partial charge in [0.25, 0.3) is 0 Å². The van der Waals surface area contributed by atoms with E-state index in [0.29, 0.717) is 45.3 Å². The molecule has 10 heteroatoms. The van der Waals surface area contributed by atoms with Gasteiger partial charge in [-0.15, -0.1) is 0 Å². The average molecular weight is 823 g/mol. The van der Waals surface area contributed by atoms with Crippen molar-refractivity contribution in [2.75, 3.05) is 20.3 Å². The van der Waals surface area contributed by atoms with Crippen LogP contribution in [-0.2, 0) is 38.1 Å². The summed E-state index contributed by atoms with van der Waals surface area (Å²) in [5, 5.41) is 5.94. The van der Waals surface area contributed by atoms with Crippen molar-refractivity contribution in [3.63, 3.8) is 0 Å². The predicted molar refractivity (Wildman–Crippen MR) is 236 cm³/mol.